The van der Waals surface area contributed by atoms with E-state index in [9.17, 15) is 8.42 Å². The number of rotatable bonds is 7. The topological polar surface area (TPSA) is 86.7 Å². The average molecular weight is 410 g/mol. The second-order valence-electron chi connectivity index (χ2n) is 6.22. The molecule has 0 aliphatic carbocycles. The van der Waals surface area contributed by atoms with Crippen LogP contribution in [0.15, 0.2) is 34.2 Å². The average Bonchev–Trinajstić information content (AvgIpc) is 2.95. The van der Waals surface area contributed by atoms with Crippen molar-refractivity contribution in [3.63, 3.8) is 0 Å². The lowest BCUT2D eigenvalue weighted by molar-refractivity contribution is 0.520. The molecule has 27 heavy (non-hydrogen) atoms. The van der Waals surface area contributed by atoms with Crippen molar-refractivity contribution in [3.8, 4) is 0 Å². The molecule has 0 radical (unpaired) electrons. The monoisotopic (exact) mass is 409 g/mol. The quantitative estimate of drug-likeness (QED) is 0.541. The summed E-state index contributed by atoms with van der Waals surface area (Å²) in [6.07, 6.45) is 0. The highest BCUT2D eigenvalue weighted by Crippen LogP contribution is 2.17. The third-order valence-electron chi connectivity index (χ3n) is 3.88. The predicted octanol–water partition coefficient (Wildman–Crippen LogP) is 2.27. The Morgan fingerprint density at radius 2 is 1.85 bits per heavy atom. The van der Waals surface area contributed by atoms with Crippen LogP contribution in [-0.2, 0) is 23.1 Å². The summed E-state index contributed by atoms with van der Waals surface area (Å²) in [5.74, 6) is 0.716. The normalized spacial score (nSPS) is 12.4. The minimum atomic E-state index is -3.41. The van der Waals surface area contributed by atoms with Crippen LogP contribution in [0.1, 0.15) is 28.1 Å². The second kappa shape index (κ2) is 9.29. The van der Waals surface area contributed by atoms with Gasteiger partial charge in [0.05, 0.1) is 28.7 Å². The molecule has 0 saturated carbocycles. The van der Waals surface area contributed by atoms with Crippen LogP contribution in [0.5, 0.6) is 0 Å². The fraction of sp³-hybridized carbons (Fsp3) is 0.444. The number of aliphatic imine (C=N–C) groups is 1. The number of guanidine groups is 1. The summed E-state index contributed by atoms with van der Waals surface area (Å²) in [6, 6.07) is 6.81. The molecule has 1 aromatic carbocycles. The van der Waals surface area contributed by atoms with Gasteiger partial charge in [-0.3, -0.25) is 0 Å². The molecule has 2 rings (SSSR count). The number of sulfonamides is 1. The number of aromatic nitrogens is 1. The zero-order valence-electron chi connectivity index (χ0n) is 16.4. The van der Waals surface area contributed by atoms with Crippen LogP contribution in [0, 0.1) is 13.8 Å². The van der Waals surface area contributed by atoms with Gasteiger partial charge in [0.1, 0.15) is 0 Å². The van der Waals surface area contributed by atoms with Gasteiger partial charge >= 0.3 is 0 Å². The summed E-state index contributed by atoms with van der Waals surface area (Å²) >= 11 is 1.68. The van der Waals surface area contributed by atoms with Gasteiger partial charge < -0.3 is 10.6 Å². The first kappa shape index (κ1) is 21.3. The first-order chi connectivity index (χ1) is 12.7. The summed E-state index contributed by atoms with van der Waals surface area (Å²) in [6.45, 7) is 7.91. The van der Waals surface area contributed by atoms with E-state index in [-0.39, 0.29) is 4.90 Å². The van der Waals surface area contributed by atoms with Gasteiger partial charge in [0.2, 0.25) is 10.0 Å². The van der Waals surface area contributed by atoms with Crippen molar-refractivity contribution in [1.29, 1.82) is 0 Å². The molecule has 0 bridgehead atoms. The Morgan fingerprint density at radius 1 is 1.19 bits per heavy atom. The SMILES string of the molecule is CCNC(=NCc1ccc(S(=O)(=O)N(C)C)cc1)NCc1sc(C)nc1C. The third-order valence-corrected chi connectivity index (χ3v) is 6.78. The summed E-state index contributed by atoms with van der Waals surface area (Å²) < 4.78 is 25.4. The first-order valence-corrected chi connectivity index (χ1v) is 11.0. The predicted molar refractivity (Wildman–Crippen MR) is 111 cm³/mol. The Bertz CT molecular complexity index is 887. The molecule has 0 unspecified atom stereocenters. The van der Waals surface area contributed by atoms with E-state index < -0.39 is 10.0 Å². The zero-order chi connectivity index (χ0) is 20.0. The van der Waals surface area contributed by atoms with Gasteiger partial charge in [-0.15, -0.1) is 11.3 Å². The maximum atomic E-state index is 12.1. The number of aryl methyl sites for hydroxylation is 2. The van der Waals surface area contributed by atoms with Gasteiger partial charge in [-0.25, -0.2) is 22.7 Å². The third kappa shape index (κ3) is 5.75. The first-order valence-electron chi connectivity index (χ1n) is 8.70. The molecule has 0 amide bonds. The van der Waals surface area contributed by atoms with Crippen LogP contribution in [0.25, 0.3) is 0 Å². The summed E-state index contributed by atoms with van der Waals surface area (Å²) in [5.41, 5.74) is 1.98. The highest BCUT2D eigenvalue weighted by molar-refractivity contribution is 7.89. The summed E-state index contributed by atoms with van der Waals surface area (Å²) in [5, 5.41) is 7.59. The van der Waals surface area contributed by atoms with Crippen LogP contribution in [0.3, 0.4) is 0 Å². The van der Waals surface area contributed by atoms with E-state index in [1.54, 1.807) is 35.6 Å². The molecule has 0 atom stereocenters. The van der Waals surface area contributed by atoms with Crippen molar-refractivity contribution in [3.05, 3.63) is 45.4 Å². The van der Waals surface area contributed by atoms with E-state index in [4.69, 9.17) is 0 Å². The molecule has 2 N–H and O–H groups in total. The molecule has 9 heteroatoms. The minimum absolute atomic E-state index is 0.279. The van der Waals surface area contributed by atoms with E-state index in [1.807, 2.05) is 20.8 Å². The molecule has 0 saturated heterocycles. The number of hydrogen-bond acceptors (Lipinski definition) is 5. The van der Waals surface area contributed by atoms with Gasteiger partial charge in [0.15, 0.2) is 5.96 Å². The molecule has 2 aromatic rings. The molecule has 1 aromatic heterocycles. The van der Waals surface area contributed by atoms with Gasteiger partial charge in [0, 0.05) is 25.5 Å². The lowest BCUT2D eigenvalue weighted by Gasteiger charge is -2.12. The summed E-state index contributed by atoms with van der Waals surface area (Å²) in [7, 11) is -0.363. The fourth-order valence-electron chi connectivity index (χ4n) is 2.39. The molecular weight excluding hydrogens is 382 g/mol. The molecule has 0 aliphatic heterocycles. The molecule has 0 aliphatic rings. The van der Waals surface area contributed by atoms with Gasteiger partial charge in [-0.2, -0.15) is 0 Å². The van der Waals surface area contributed by atoms with Crippen LogP contribution < -0.4 is 10.6 Å². The molecule has 1 heterocycles. The van der Waals surface area contributed by atoms with E-state index in [0.29, 0.717) is 19.0 Å². The van der Waals surface area contributed by atoms with E-state index >= 15 is 0 Å². The molecule has 148 valence electrons. The second-order valence-corrected chi connectivity index (χ2v) is 9.66. The van der Waals surface area contributed by atoms with E-state index in [2.05, 4.69) is 20.6 Å². The maximum Gasteiger partial charge on any atom is 0.242 e. The molecule has 0 fully saturated rings. The largest absolute Gasteiger partial charge is 0.357 e. The number of nitrogens with zero attached hydrogens (tertiary/aromatic N) is 3. The lowest BCUT2D eigenvalue weighted by atomic mass is 10.2. The molecule has 0 spiro atoms. The van der Waals surface area contributed by atoms with E-state index in [1.165, 1.54) is 23.3 Å². The van der Waals surface area contributed by atoms with Gasteiger partial charge in [-0.1, -0.05) is 12.1 Å². The van der Waals surface area contributed by atoms with Crippen molar-refractivity contribution in [2.75, 3.05) is 20.6 Å². The number of hydrogen-bond donors (Lipinski definition) is 2. The van der Waals surface area contributed by atoms with Crippen molar-refractivity contribution < 1.29 is 8.42 Å². The molecule has 7 nitrogen and oxygen atoms in total. The van der Waals surface area contributed by atoms with Gasteiger partial charge in [-0.05, 0) is 38.5 Å². The van der Waals surface area contributed by atoms with Crippen molar-refractivity contribution in [2.24, 2.45) is 4.99 Å². The standard InChI is InChI=1S/C18H27N5O2S2/c1-6-19-18(21-12-17-13(2)22-14(3)26-17)20-11-15-7-9-16(10-8-15)27(24,25)23(4)5/h7-10H,6,11-12H2,1-5H3,(H2,19,20,21). The highest BCUT2D eigenvalue weighted by atomic mass is 32.2. The maximum absolute atomic E-state index is 12.1. The smallest absolute Gasteiger partial charge is 0.242 e. The zero-order valence-corrected chi connectivity index (χ0v) is 18.0. The van der Waals surface area contributed by atoms with Crippen molar-refractivity contribution in [2.45, 2.75) is 38.8 Å². The van der Waals surface area contributed by atoms with Crippen molar-refractivity contribution >= 4 is 27.3 Å². The number of benzene rings is 1. The Hall–Kier alpha value is -1.97. The Labute approximate surface area is 165 Å². The number of thiazole rings is 1. The van der Waals surface area contributed by atoms with Gasteiger partial charge in [0.25, 0.3) is 0 Å². The minimum Gasteiger partial charge on any atom is -0.357 e. The molecular formula is C18H27N5O2S2. The highest BCUT2D eigenvalue weighted by Gasteiger charge is 2.16. The lowest BCUT2D eigenvalue weighted by Crippen LogP contribution is -2.36. The fourth-order valence-corrected chi connectivity index (χ4v) is 4.17. The Balaban J connectivity index is 2.04. The Morgan fingerprint density at radius 3 is 2.37 bits per heavy atom. The Kier molecular flexibility index (Phi) is 7.34. The van der Waals surface area contributed by atoms with Crippen LogP contribution in [0.2, 0.25) is 0 Å². The van der Waals surface area contributed by atoms with Crippen LogP contribution in [0.4, 0.5) is 0 Å². The number of nitrogens with one attached hydrogen (secondary N) is 2. The van der Waals surface area contributed by atoms with E-state index in [0.717, 1.165) is 22.8 Å². The van der Waals surface area contributed by atoms with Crippen molar-refractivity contribution in [1.82, 2.24) is 19.9 Å². The summed E-state index contributed by atoms with van der Waals surface area (Å²) in [4.78, 5) is 10.5. The van der Waals surface area contributed by atoms with Crippen LogP contribution >= 0.6 is 11.3 Å². The van der Waals surface area contributed by atoms with Crippen LogP contribution in [-0.4, -0.2) is 44.3 Å².